The van der Waals surface area contributed by atoms with Crippen molar-refractivity contribution in [1.82, 2.24) is 13.7 Å². The standard InChI is InChI=1S/C50H29N5/c1-52-34-27-28-39-38-18-4-8-22-43(38)55(48(39)30-34)45-24-11-14-33(31-51)49(45)32-13-10-15-35(29-32)53-44-23-9-5-19-40(44)50-46(53)25-12-26-47(50)54-41-20-6-2-16-36(41)37-17-3-7-21-42(37)54/h2-30H. The van der Waals surface area contributed by atoms with Gasteiger partial charge in [0.15, 0.2) is 5.69 Å². The lowest BCUT2D eigenvalue weighted by atomic mass is 9.97. The summed E-state index contributed by atoms with van der Waals surface area (Å²) in [5.41, 5.74) is 12.4. The van der Waals surface area contributed by atoms with E-state index < -0.39 is 0 Å². The van der Waals surface area contributed by atoms with Crippen molar-refractivity contribution in [3.8, 4) is 34.3 Å². The minimum Gasteiger partial charge on any atom is -0.310 e. The van der Waals surface area contributed by atoms with Crippen LogP contribution in [0.4, 0.5) is 5.69 Å². The number of hydrogen-bond donors (Lipinski definition) is 0. The van der Waals surface area contributed by atoms with E-state index in [0.29, 0.717) is 11.3 Å². The molecule has 0 bridgehead atoms. The van der Waals surface area contributed by atoms with Crippen molar-refractivity contribution >= 4 is 71.1 Å². The molecule has 5 heteroatoms. The molecule has 8 aromatic carbocycles. The summed E-state index contributed by atoms with van der Waals surface area (Å²) in [6.45, 7) is 7.77. The lowest BCUT2D eigenvalue weighted by molar-refractivity contribution is 1.16. The quantitative estimate of drug-likeness (QED) is 0.169. The van der Waals surface area contributed by atoms with E-state index in [9.17, 15) is 5.26 Å². The molecule has 0 amide bonds. The molecule has 0 N–H and O–H groups in total. The topological polar surface area (TPSA) is 42.9 Å². The van der Waals surface area contributed by atoms with E-state index >= 15 is 0 Å². The fourth-order valence-corrected chi connectivity index (χ4v) is 8.86. The van der Waals surface area contributed by atoms with Crippen LogP contribution in [0.25, 0.3) is 98.5 Å². The average molecular weight is 700 g/mol. The molecule has 0 aliphatic carbocycles. The fourth-order valence-electron chi connectivity index (χ4n) is 8.86. The summed E-state index contributed by atoms with van der Waals surface area (Å²) < 4.78 is 6.96. The van der Waals surface area contributed by atoms with Crippen LogP contribution in [0.1, 0.15) is 5.56 Å². The van der Waals surface area contributed by atoms with Gasteiger partial charge in [-0.25, -0.2) is 4.85 Å². The highest BCUT2D eigenvalue weighted by Gasteiger charge is 2.22. The minimum absolute atomic E-state index is 0.572. The zero-order valence-corrected chi connectivity index (χ0v) is 29.5. The van der Waals surface area contributed by atoms with Crippen LogP contribution in [0, 0.1) is 17.9 Å². The SMILES string of the molecule is [C-]#[N+]c1ccc2c3ccccc3n(-c3cccc(C#N)c3-c3cccc(-n4c5ccccc5c5c(-n6c7ccccc7c7ccccc76)cccc54)c3)c2c1. The van der Waals surface area contributed by atoms with Gasteiger partial charge in [-0.1, -0.05) is 109 Å². The average Bonchev–Trinajstić information content (AvgIpc) is 3.89. The molecular formula is C50H29N5. The third-order valence-corrected chi connectivity index (χ3v) is 11.1. The summed E-state index contributed by atoms with van der Waals surface area (Å²) >= 11 is 0. The van der Waals surface area contributed by atoms with Crippen LogP contribution in [0.15, 0.2) is 176 Å². The van der Waals surface area contributed by atoms with Crippen molar-refractivity contribution in [2.45, 2.75) is 0 Å². The molecule has 0 saturated heterocycles. The molecule has 0 atom stereocenters. The number of hydrogen-bond acceptors (Lipinski definition) is 1. The highest BCUT2D eigenvalue weighted by atomic mass is 15.0. The van der Waals surface area contributed by atoms with Gasteiger partial charge in [0.05, 0.1) is 57.2 Å². The van der Waals surface area contributed by atoms with Crippen LogP contribution in [-0.2, 0) is 0 Å². The normalized spacial score (nSPS) is 11.6. The van der Waals surface area contributed by atoms with Crippen LogP contribution < -0.4 is 0 Å². The molecule has 0 radical (unpaired) electrons. The van der Waals surface area contributed by atoms with E-state index in [1.54, 1.807) is 0 Å². The molecule has 0 fully saturated rings. The summed E-state index contributed by atoms with van der Waals surface area (Å²) in [6, 6.07) is 63.7. The van der Waals surface area contributed by atoms with E-state index in [0.717, 1.165) is 61.0 Å². The molecule has 5 nitrogen and oxygen atoms in total. The van der Waals surface area contributed by atoms with Gasteiger partial charge in [0.1, 0.15) is 0 Å². The van der Waals surface area contributed by atoms with Crippen LogP contribution in [0.2, 0.25) is 0 Å². The van der Waals surface area contributed by atoms with Gasteiger partial charge in [0.25, 0.3) is 0 Å². The van der Waals surface area contributed by atoms with Crippen molar-refractivity contribution in [2.75, 3.05) is 0 Å². The van der Waals surface area contributed by atoms with Crippen LogP contribution in [0.5, 0.6) is 0 Å². The van der Waals surface area contributed by atoms with Crippen molar-refractivity contribution in [2.24, 2.45) is 0 Å². The Morgan fingerprint density at radius 1 is 0.436 bits per heavy atom. The van der Waals surface area contributed by atoms with Gasteiger partial charge in [-0.05, 0) is 72.3 Å². The van der Waals surface area contributed by atoms with Gasteiger partial charge in [-0.2, -0.15) is 5.26 Å². The van der Waals surface area contributed by atoms with Gasteiger partial charge < -0.3 is 13.7 Å². The van der Waals surface area contributed by atoms with Gasteiger partial charge in [0, 0.05) is 49.1 Å². The van der Waals surface area contributed by atoms with Crippen molar-refractivity contribution in [3.05, 3.63) is 193 Å². The molecule has 254 valence electrons. The Morgan fingerprint density at radius 2 is 0.964 bits per heavy atom. The summed E-state index contributed by atoms with van der Waals surface area (Å²) in [6.07, 6.45) is 0. The molecule has 0 spiro atoms. The van der Waals surface area contributed by atoms with E-state index in [4.69, 9.17) is 6.57 Å². The summed E-state index contributed by atoms with van der Waals surface area (Å²) in [5.74, 6) is 0. The zero-order chi connectivity index (χ0) is 36.6. The predicted octanol–water partition coefficient (Wildman–Crippen LogP) is 13.1. The number of para-hydroxylation sites is 4. The number of benzene rings is 8. The maximum atomic E-state index is 10.6. The highest BCUT2D eigenvalue weighted by Crippen LogP contribution is 2.42. The molecule has 0 aliphatic rings. The van der Waals surface area contributed by atoms with Crippen molar-refractivity contribution < 1.29 is 0 Å². The fraction of sp³-hybridized carbons (Fsp3) is 0. The Balaban J connectivity index is 1.18. The second-order valence-electron chi connectivity index (χ2n) is 13.9. The van der Waals surface area contributed by atoms with Crippen LogP contribution >= 0.6 is 0 Å². The number of nitriles is 1. The number of rotatable bonds is 4. The minimum atomic E-state index is 0.572. The van der Waals surface area contributed by atoms with E-state index in [-0.39, 0.29) is 0 Å². The second-order valence-corrected chi connectivity index (χ2v) is 13.9. The summed E-state index contributed by atoms with van der Waals surface area (Å²) in [7, 11) is 0. The maximum absolute atomic E-state index is 10.6. The third kappa shape index (κ3) is 4.39. The highest BCUT2D eigenvalue weighted by molar-refractivity contribution is 6.16. The Labute approximate surface area is 316 Å². The third-order valence-electron chi connectivity index (χ3n) is 11.1. The number of fused-ring (bicyclic) bond motifs is 9. The lowest BCUT2D eigenvalue weighted by Gasteiger charge is -2.17. The van der Waals surface area contributed by atoms with E-state index in [1.165, 1.54) is 32.6 Å². The Bertz CT molecular complexity index is 3420. The molecule has 55 heavy (non-hydrogen) atoms. The van der Waals surface area contributed by atoms with Crippen molar-refractivity contribution in [3.63, 3.8) is 0 Å². The van der Waals surface area contributed by atoms with Gasteiger partial charge in [-0.15, -0.1) is 0 Å². The van der Waals surface area contributed by atoms with Gasteiger partial charge >= 0.3 is 0 Å². The molecule has 11 rings (SSSR count). The van der Waals surface area contributed by atoms with Gasteiger partial charge in [0.2, 0.25) is 0 Å². The maximum Gasteiger partial charge on any atom is 0.189 e. The molecular weight excluding hydrogens is 671 g/mol. The number of aromatic nitrogens is 3. The smallest absolute Gasteiger partial charge is 0.189 e. The Hall–Kier alpha value is -7.86. The molecule has 3 heterocycles. The first kappa shape index (κ1) is 30.7. The molecule has 3 aromatic heterocycles. The predicted molar refractivity (Wildman–Crippen MR) is 226 cm³/mol. The van der Waals surface area contributed by atoms with E-state index in [2.05, 4.69) is 158 Å². The van der Waals surface area contributed by atoms with Crippen LogP contribution in [-0.4, -0.2) is 13.7 Å². The molecule has 0 saturated carbocycles. The first-order chi connectivity index (χ1) is 27.2. The summed E-state index contributed by atoms with van der Waals surface area (Å²) in [5, 5.41) is 17.6. The first-order valence-corrected chi connectivity index (χ1v) is 18.3. The largest absolute Gasteiger partial charge is 0.310 e. The monoisotopic (exact) mass is 699 g/mol. The molecule has 11 aromatic rings. The Morgan fingerprint density at radius 3 is 1.62 bits per heavy atom. The van der Waals surface area contributed by atoms with Crippen molar-refractivity contribution in [1.29, 1.82) is 5.26 Å². The Kier molecular flexibility index (Phi) is 6.61. The zero-order valence-electron chi connectivity index (χ0n) is 29.5. The number of nitrogens with zero attached hydrogens (tertiary/aromatic N) is 5. The second kappa shape index (κ2) is 11.8. The summed E-state index contributed by atoms with van der Waals surface area (Å²) in [4.78, 5) is 3.76. The van der Waals surface area contributed by atoms with E-state index in [1.807, 2.05) is 42.5 Å². The molecule has 0 aliphatic heterocycles. The first-order valence-electron chi connectivity index (χ1n) is 18.3. The van der Waals surface area contributed by atoms with Crippen LogP contribution in [0.3, 0.4) is 0 Å². The van der Waals surface area contributed by atoms with Gasteiger partial charge in [-0.3, -0.25) is 0 Å². The molecule has 0 unspecified atom stereocenters. The lowest BCUT2D eigenvalue weighted by Crippen LogP contribution is -2.00.